The first-order valence-corrected chi connectivity index (χ1v) is 9.46. The lowest BCUT2D eigenvalue weighted by atomic mass is 9.88. The second-order valence-corrected chi connectivity index (χ2v) is 8.10. The summed E-state index contributed by atoms with van der Waals surface area (Å²) >= 11 is 0. The van der Waals surface area contributed by atoms with Crippen LogP contribution in [0.4, 0.5) is 10.1 Å². The molecule has 0 saturated heterocycles. The van der Waals surface area contributed by atoms with Gasteiger partial charge in [-0.2, -0.15) is 5.26 Å². The molecular weight excluding hydrogens is 369 g/mol. The number of para-hydroxylation sites is 1. The van der Waals surface area contributed by atoms with Crippen molar-refractivity contribution >= 4 is 21.5 Å². The minimum atomic E-state index is -4.03. The monoisotopic (exact) mass is 383 g/mol. The number of rotatable bonds is 1. The van der Waals surface area contributed by atoms with E-state index in [1.165, 1.54) is 25.2 Å². The molecule has 0 saturated carbocycles. The third kappa shape index (κ3) is 2.39. The van der Waals surface area contributed by atoms with Gasteiger partial charge >= 0.3 is 0 Å². The number of hydrogen-bond donors (Lipinski definition) is 1. The zero-order valence-electron chi connectivity index (χ0n) is 14.2. The number of anilines is 1. The standard InChI is InChI=1S/C19H14FN3O3S/c1-23-15-8-3-2-7-13(15)17-18(27(23,24)25)16(14(10-21)19(22)26-17)11-5-4-6-12(20)9-11/h2-9,16H,22H2,1H3. The molecule has 2 heterocycles. The van der Waals surface area contributed by atoms with Gasteiger partial charge in [-0.1, -0.05) is 24.3 Å². The molecule has 0 aromatic heterocycles. The maximum absolute atomic E-state index is 13.8. The first-order valence-electron chi connectivity index (χ1n) is 8.02. The molecule has 0 bridgehead atoms. The molecule has 2 N–H and O–H groups in total. The summed E-state index contributed by atoms with van der Waals surface area (Å²) in [5.41, 5.74) is 7.14. The van der Waals surface area contributed by atoms with Crippen molar-refractivity contribution in [2.75, 3.05) is 11.4 Å². The van der Waals surface area contributed by atoms with Crippen LogP contribution in [0.2, 0.25) is 0 Å². The van der Waals surface area contributed by atoms with Crippen molar-refractivity contribution < 1.29 is 17.5 Å². The number of nitrogens with zero attached hydrogens (tertiary/aromatic N) is 2. The Bertz CT molecular complexity index is 1180. The Morgan fingerprint density at radius 1 is 1.22 bits per heavy atom. The maximum Gasteiger partial charge on any atom is 0.264 e. The first-order chi connectivity index (χ1) is 12.9. The lowest BCUT2D eigenvalue weighted by Gasteiger charge is -2.36. The number of benzene rings is 2. The molecule has 0 aliphatic carbocycles. The van der Waals surface area contributed by atoms with Gasteiger partial charge in [0.15, 0.2) is 5.76 Å². The highest BCUT2D eigenvalue weighted by atomic mass is 32.2. The normalized spacial score (nSPS) is 20.5. The predicted molar refractivity (Wildman–Crippen MR) is 97.7 cm³/mol. The molecule has 0 amide bonds. The summed E-state index contributed by atoms with van der Waals surface area (Å²) in [5, 5.41) is 9.59. The molecule has 2 aliphatic rings. The zero-order valence-corrected chi connectivity index (χ0v) is 15.0. The highest BCUT2D eigenvalue weighted by molar-refractivity contribution is 7.96. The number of halogens is 1. The molecule has 2 aromatic carbocycles. The molecule has 1 atom stereocenters. The van der Waals surface area contributed by atoms with E-state index < -0.39 is 21.8 Å². The predicted octanol–water partition coefficient (Wildman–Crippen LogP) is 2.78. The van der Waals surface area contributed by atoms with Crippen molar-refractivity contribution in [2.24, 2.45) is 5.73 Å². The molecule has 8 heteroatoms. The van der Waals surface area contributed by atoms with Crippen molar-refractivity contribution in [1.29, 1.82) is 5.26 Å². The van der Waals surface area contributed by atoms with Gasteiger partial charge in [-0.05, 0) is 29.8 Å². The number of nitrogens with two attached hydrogens (primary N) is 1. The van der Waals surface area contributed by atoms with Gasteiger partial charge in [-0.3, -0.25) is 4.31 Å². The summed E-state index contributed by atoms with van der Waals surface area (Å²) in [6, 6.07) is 14.2. The third-order valence-corrected chi connectivity index (χ3v) is 6.58. The van der Waals surface area contributed by atoms with E-state index in [0.717, 1.165) is 4.31 Å². The van der Waals surface area contributed by atoms with Crippen LogP contribution in [0.5, 0.6) is 0 Å². The van der Waals surface area contributed by atoms with Crippen LogP contribution >= 0.6 is 0 Å². The number of allylic oxidation sites excluding steroid dienone is 2. The SMILES string of the molecule is CN1c2ccccc2C2=C(C(c3cccc(F)c3)C(C#N)=C(N)O2)S1(=O)=O. The fourth-order valence-corrected chi connectivity index (χ4v) is 5.07. The fourth-order valence-electron chi connectivity index (χ4n) is 3.41. The Balaban J connectivity index is 2.09. The minimum absolute atomic E-state index is 0.0643. The summed E-state index contributed by atoms with van der Waals surface area (Å²) < 4.78 is 47.1. The average molecular weight is 383 g/mol. The number of fused-ring (bicyclic) bond motifs is 2. The molecule has 6 nitrogen and oxygen atoms in total. The molecule has 2 aromatic rings. The Kier molecular flexibility index (Phi) is 3.71. The van der Waals surface area contributed by atoms with E-state index in [4.69, 9.17) is 10.5 Å². The van der Waals surface area contributed by atoms with Crippen LogP contribution in [-0.4, -0.2) is 15.5 Å². The summed E-state index contributed by atoms with van der Waals surface area (Å²) in [6.45, 7) is 0. The number of sulfonamides is 1. The van der Waals surface area contributed by atoms with Gasteiger partial charge < -0.3 is 10.5 Å². The van der Waals surface area contributed by atoms with Gasteiger partial charge in [-0.15, -0.1) is 0 Å². The molecule has 4 rings (SSSR count). The number of hydrogen-bond acceptors (Lipinski definition) is 5. The first kappa shape index (κ1) is 17.1. The topological polar surface area (TPSA) is 96.4 Å². The minimum Gasteiger partial charge on any atom is -0.439 e. The molecule has 0 spiro atoms. The van der Waals surface area contributed by atoms with Gasteiger partial charge in [0.2, 0.25) is 5.88 Å². The second-order valence-electron chi connectivity index (χ2n) is 6.16. The van der Waals surface area contributed by atoms with Crippen LogP contribution in [0, 0.1) is 17.1 Å². The molecular formula is C19H14FN3O3S. The highest BCUT2D eigenvalue weighted by Crippen LogP contribution is 2.50. The van der Waals surface area contributed by atoms with E-state index in [0.29, 0.717) is 16.8 Å². The molecule has 0 radical (unpaired) electrons. The van der Waals surface area contributed by atoms with Gasteiger partial charge in [0.05, 0.1) is 11.6 Å². The van der Waals surface area contributed by atoms with E-state index in [-0.39, 0.29) is 22.1 Å². The van der Waals surface area contributed by atoms with E-state index in [1.54, 1.807) is 30.3 Å². The lowest BCUT2D eigenvalue weighted by molar-refractivity contribution is 0.357. The quantitative estimate of drug-likeness (QED) is 0.817. The van der Waals surface area contributed by atoms with E-state index >= 15 is 0 Å². The Labute approximate surface area is 155 Å². The number of nitriles is 1. The van der Waals surface area contributed by atoms with Crippen LogP contribution < -0.4 is 10.0 Å². The van der Waals surface area contributed by atoms with Crippen molar-refractivity contribution in [3.63, 3.8) is 0 Å². The summed E-state index contributed by atoms with van der Waals surface area (Å²) in [6.07, 6.45) is 0. The molecule has 136 valence electrons. The lowest BCUT2D eigenvalue weighted by Crippen LogP contribution is -2.37. The van der Waals surface area contributed by atoms with Gasteiger partial charge in [0, 0.05) is 12.6 Å². The van der Waals surface area contributed by atoms with E-state index in [9.17, 15) is 18.1 Å². The summed E-state index contributed by atoms with van der Waals surface area (Å²) in [7, 11) is -2.60. The fraction of sp³-hybridized carbons (Fsp3) is 0.105. The van der Waals surface area contributed by atoms with Crippen LogP contribution in [0.25, 0.3) is 5.76 Å². The number of ether oxygens (including phenoxy) is 1. The van der Waals surface area contributed by atoms with E-state index in [2.05, 4.69) is 0 Å². The second kappa shape index (κ2) is 5.86. The zero-order chi connectivity index (χ0) is 19.3. The Morgan fingerprint density at radius 3 is 2.67 bits per heavy atom. The van der Waals surface area contributed by atoms with Gasteiger partial charge in [0.25, 0.3) is 10.0 Å². The van der Waals surface area contributed by atoms with Crippen LogP contribution in [0.15, 0.2) is 64.9 Å². The van der Waals surface area contributed by atoms with Crippen LogP contribution in [-0.2, 0) is 14.8 Å². The van der Waals surface area contributed by atoms with Crippen LogP contribution in [0.1, 0.15) is 17.0 Å². The molecule has 2 aliphatic heterocycles. The van der Waals surface area contributed by atoms with Crippen molar-refractivity contribution in [3.05, 3.63) is 81.8 Å². The maximum atomic E-state index is 13.8. The highest BCUT2D eigenvalue weighted by Gasteiger charge is 2.46. The van der Waals surface area contributed by atoms with Crippen molar-refractivity contribution in [2.45, 2.75) is 5.92 Å². The largest absolute Gasteiger partial charge is 0.439 e. The third-order valence-electron chi connectivity index (χ3n) is 4.68. The molecule has 1 unspecified atom stereocenters. The van der Waals surface area contributed by atoms with Gasteiger partial charge in [-0.25, -0.2) is 12.8 Å². The van der Waals surface area contributed by atoms with Gasteiger partial charge in [0.1, 0.15) is 22.4 Å². The van der Waals surface area contributed by atoms with E-state index in [1.807, 2.05) is 6.07 Å². The smallest absolute Gasteiger partial charge is 0.264 e. The van der Waals surface area contributed by atoms with Crippen LogP contribution in [0.3, 0.4) is 0 Å². The summed E-state index contributed by atoms with van der Waals surface area (Å²) in [4.78, 5) is -0.125. The average Bonchev–Trinajstić information content (AvgIpc) is 2.65. The Hall–Kier alpha value is -3.31. The summed E-state index contributed by atoms with van der Waals surface area (Å²) in [5.74, 6) is -1.73. The van der Waals surface area contributed by atoms with Crippen molar-refractivity contribution in [3.8, 4) is 6.07 Å². The van der Waals surface area contributed by atoms with Crippen molar-refractivity contribution in [1.82, 2.24) is 0 Å². The Morgan fingerprint density at radius 2 is 1.96 bits per heavy atom. The molecule has 27 heavy (non-hydrogen) atoms. The molecule has 0 fully saturated rings.